The third kappa shape index (κ3) is 6.90. The SMILES string of the molecule is Cc1c(N2CCN(Cc3cccc(C(=O)O)c3)CC2)c(=O)n(C[C@@H](N)c2ccccc2)c(=O)n1Cc1c(F)cccc1C(F)(F)F. The summed E-state index contributed by atoms with van der Waals surface area (Å²) >= 11 is 0. The Balaban J connectivity index is 1.52. The largest absolute Gasteiger partial charge is 0.478 e. The smallest absolute Gasteiger partial charge is 0.416 e. The highest BCUT2D eigenvalue weighted by Gasteiger charge is 2.35. The fourth-order valence-electron chi connectivity index (χ4n) is 5.83. The first kappa shape index (κ1) is 32.6. The molecule has 0 unspecified atom stereocenters. The van der Waals surface area contributed by atoms with Crippen LogP contribution in [0.15, 0.2) is 82.4 Å². The molecule has 0 radical (unpaired) electrons. The van der Waals surface area contributed by atoms with Crippen molar-refractivity contribution in [3.8, 4) is 0 Å². The topological polar surface area (TPSA) is 114 Å². The highest BCUT2D eigenvalue weighted by atomic mass is 19.4. The maximum atomic E-state index is 14.9. The number of halogens is 4. The molecule has 1 aliphatic heterocycles. The molecule has 5 rings (SSSR count). The molecular weight excluding hydrogens is 606 g/mol. The zero-order valence-electron chi connectivity index (χ0n) is 25.0. The minimum absolute atomic E-state index is 0.110. The first-order chi connectivity index (χ1) is 21.8. The number of nitrogens with zero attached hydrogens (tertiary/aromatic N) is 4. The molecule has 4 aromatic rings. The quantitative estimate of drug-likeness (QED) is 0.264. The fraction of sp³-hybridized carbons (Fsp3) is 0.303. The fourth-order valence-corrected chi connectivity index (χ4v) is 5.83. The van der Waals surface area contributed by atoms with E-state index < -0.39 is 52.9 Å². The minimum Gasteiger partial charge on any atom is -0.478 e. The zero-order valence-corrected chi connectivity index (χ0v) is 25.0. The lowest BCUT2D eigenvalue weighted by molar-refractivity contribution is -0.138. The lowest BCUT2D eigenvalue weighted by atomic mass is 10.1. The van der Waals surface area contributed by atoms with Crippen LogP contribution < -0.4 is 21.9 Å². The van der Waals surface area contributed by atoms with Crippen molar-refractivity contribution in [1.82, 2.24) is 14.0 Å². The molecule has 3 aromatic carbocycles. The van der Waals surface area contributed by atoms with Crippen molar-refractivity contribution in [3.05, 3.63) is 133 Å². The number of anilines is 1. The van der Waals surface area contributed by atoms with Crippen molar-refractivity contribution in [1.29, 1.82) is 0 Å². The lowest BCUT2D eigenvalue weighted by Gasteiger charge is -2.37. The summed E-state index contributed by atoms with van der Waals surface area (Å²) in [4.78, 5) is 43.0. The van der Waals surface area contributed by atoms with E-state index in [1.54, 1.807) is 47.4 Å². The summed E-state index contributed by atoms with van der Waals surface area (Å²) in [5.41, 5.74) is 4.79. The molecule has 1 fully saturated rings. The predicted molar refractivity (Wildman–Crippen MR) is 164 cm³/mol. The van der Waals surface area contributed by atoms with E-state index in [1.807, 2.05) is 6.07 Å². The van der Waals surface area contributed by atoms with Crippen LogP contribution in [-0.4, -0.2) is 51.3 Å². The number of piperazine rings is 1. The molecule has 1 aliphatic rings. The Kier molecular flexibility index (Phi) is 9.44. The molecule has 1 atom stereocenters. The Morgan fingerprint density at radius 3 is 2.24 bits per heavy atom. The zero-order chi connectivity index (χ0) is 33.2. The van der Waals surface area contributed by atoms with Crippen molar-refractivity contribution >= 4 is 11.7 Å². The Morgan fingerprint density at radius 2 is 1.59 bits per heavy atom. The number of hydrogen-bond acceptors (Lipinski definition) is 6. The summed E-state index contributed by atoms with van der Waals surface area (Å²) in [5.74, 6) is -2.15. The van der Waals surface area contributed by atoms with Gasteiger partial charge in [0.15, 0.2) is 0 Å². The average molecular weight is 640 g/mol. The van der Waals surface area contributed by atoms with E-state index in [1.165, 1.54) is 13.0 Å². The van der Waals surface area contributed by atoms with E-state index in [0.29, 0.717) is 38.3 Å². The second kappa shape index (κ2) is 13.3. The second-order valence-corrected chi connectivity index (χ2v) is 11.3. The van der Waals surface area contributed by atoms with Crippen LogP contribution in [0.1, 0.15) is 44.3 Å². The standard InChI is InChI=1S/C33H33F4N5O4/c1-21-29(40-15-13-39(14-16-40)18-22-7-5-10-24(17-22)31(44)45)30(43)42(20-28(38)23-8-3-2-4-9-23)32(46)41(21)19-25-26(33(35,36)37)11-6-12-27(25)34/h2-12,17,28H,13-16,18-20,38H2,1H3,(H,44,45)/t28-/m1/s1. The minimum atomic E-state index is -4.87. The van der Waals surface area contributed by atoms with Crippen molar-refractivity contribution in [3.63, 3.8) is 0 Å². The van der Waals surface area contributed by atoms with Gasteiger partial charge in [-0.05, 0) is 42.3 Å². The van der Waals surface area contributed by atoms with Gasteiger partial charge in [-0.1, -0.05) is 48.5 Å². The Morgan fingerprint density at radius 1 is 0.913 bits per heavy atom. The Labute approximate surface area is 261 Å². The van der Waals surface area contributed by atoms with Gasteiger partial charge in [0.05, 0.1) is 24.2 Å². The lowest BCUT2D eigenvalue weighted by Crippen LogP contribution is -2.51. The molecule has 0 bridgehead atoms. The number of hydrogen-bond donors (Lipinski definition) is 2. The van der Waals surface area contributed by atoms with E-state index in [9.17, 15) is 37.1 Å². The summed E-state index contributed by atoms with van der Waals surface area (Å²) in [7, 11) is 0. The van der Waals surface area contributed by atoms with Crippen LogP contribution >= 0.6 is 0 Å². The number of rotatable bonds is 9. The van der Waals surface area contributed by atoms with Gasteiger partial charge in [-0.25, -0.2) is 14.0 Å². The number of benzene rings is 3. The highest BCUT2D eigenvalue weighted by Crippen LogP contribution is 2.33. The number of alkyl halides is 3. The number of carboxylic acid groups (broad SMARTS) is 1. The van der Waals surface area contributed by atoms with Gasteiger partial charge in [-0.15, -0.1) is 0 Å². The molecule has 0 aliphatic carbocycles. The van der Waals surface area contributed by atoms with Crippen LogP contribution in [0.4, 0.5) is 23.2 Å². The predicted octanol–water partition coefficient (Wildman–Crippen LogP) is 4.25. The van der Waals surface area contributed by atoms with Gasteiger partial charge in [-0.2, -0.15) is 13.2 Å². The molecular formula is C33H33F4N5O4. The maximum Gasteiger partial charge on any atom is 0.416 e. The van der Waals surface area contributed by atoms with Crippen molar-refractivity contribution in [2.45, 2.75) is 38.8 Å². The van der Waals surface area contributed by atoms with Crippen LogP contribution in [0.5, 0.6) is 0 Å². The molecule has 0 amide bonds. The van der Waals surface area contributed by atoms with E-state index in [-0.39, 0.29) is 23.5 Å². The number of aromatic carboxylic acids is 1. The molecule has 46 heavy (non-hydrogen) atoms. The number of carbonyl (C=O) groups is 1. The van der Waals surface area contributed by atoms with Crippen molar-refractivity contribution in [2.24, 2.45) is 5.73 Å². The molecule has 13 heteroatoms. The van der Waals surface area contributed by atoms with Gasteiger partial charge in [0, 0.05) is 50.0 Å². The molecule has 2 heterocycles. The molecule has 0 saturated carbocycles. The molecule has 3 N–H and O–H groups in total. The highest BCUT2D eigenvalue weighted by molar-refractivity contribution is 5.87. The monoisotopic (exact) mass is 639 g/mol. The number of aromatic nitrogens is 2. The van der Waals surface area contributed by atoms with Crippen LogP contribution in [0, 0.1) is 12.7 Å². The molecule has 0 spiro atoms. The Bertz CT molecular complexity index is 1850. The average Bonchev–Trinajstić information content (AvgIpc) is 3.02. The van der Waals surface area contributed by atoms with Gasteiger partial charge in [0.25, 0.3) is 5.56 Å². The molecule has 1 saturated heterocycles. The van der Waals surface area contributed by atoms with Crippen LogP contribution in [0.3, 0.4) is 0 Å². The number of carboxylic acids is 1. The maximum absolute atomic E-state index is 14.9. The second-order valence-electron chi connectivity index (χ2n) is 11.3. The van der Waals surface area contributed by atoms with Gasteiger partial charge >= 0.3 is 17.8 Å². The van der Waals surface area contributed by atoms with Crippen molar-refractivity contribution < 1.29 is 27.5 Å². The first-order valence-electron chi connectivity index (χ1n) is 14.6. The summed E-state index contributed by atoms with van der Waals surface area (Å²) in [6, 6.07) is 17.2. The Hall–Kier alpha value is -4.75. The van der Waals surface area contributed by atoms with E-state index in [4.69, 9.17) is 5.73 Å². The van der Waals surface area contributed by atoms with Crippen LogP contribution in [0.2, 0.25) is 0 Å². The third-order valence-electron chi connectivity index (χ3n) is 8.27. The molecule has 1 aromatic heterocycles. The van der Waals surface area contributed by atoms with Gasteiger partial charge in [-0.3, -0.25) is 18.8 Å². The summed E-state index contributed by atoms with van der Waals surface area (Å²) in [5, 5.41) is 9.31. The van der Waals surface area contributed by atoms with Crippen LogP contribution in [-0.2, 0) is 25.8 Å². The van der Waals surface area contributed by atoms with Gasteiger partial charge < -0.3 is 15.7 Å². The first-order valence-corrected chi connectivity index (χ1v) is 14.6. The van der Waals surface area contributed by atoms with Gasteiger partial charge in [0.2, 0.25) is 0 Å². The molecule has 9 nitrogen and oxygen atoms in total. The van der Waals surface area contributed by atoms with E-state index in [2.05, 4.69) is 4.90 Å². The summed E-state index contributed by atoms with van der Waals surface area (Å²) in [6.07, 6.45) is -4.87. The number of nitrogens with two attached hydrogens (primary N) is 1. The summed E-state index contributed by atoms with van der Waals surface area (Å²) in [6.45, 7) is 2.57. The van der Waals surface area contributed by atoms with Crippen LogP contribution in [0.25, 0.3) is 0 Å². The van der Waals surface area contributed by atoms with Gasteiger partial charge in [0.1, 0.15) is 11.5 Å². The molecule has 242 valence electrons. The van der Waals surface area contributed by atoms with E-state index >= 15 is 0 Å². The summed E-state index contributed by atoms with van der Waals surface area (Å²) < 4.78 is 58.5. The third-order valence-corrected chi connectivity index (χ3v) is 8.27. The van der Waals surface area contributed by atoms with E-state index in [0.717, 1.165) is 32.9 Å². The van der Waals surface area contributed by atoms with Crippen molar-refractivity contribution in [2.75, 3.05) is 31.1 Å². The normalized spacial score (nSPS) is 14.8.